The second-order valence-corrected chi connectivity index (χ2v) is 11.2. The van der Waals surface area contributed by atoms with Crippen LogP contribution in [0.1, 0.15) is 62.6 Å². The third-order valence-electron chi connectivity index (χ3n) is 8.79. The molecule has 1 aliphatic heterocycles. The molecule has 3 aliphatic rings. The summed E-state index contributed by atoms with van der Waals surface area (Å²) in [5.74, 6) is -1.15. The summed E-state index contributed by atoms with van der Waals surface area (Å²) >= 11 is 0. The number of carbonyl (C=O) groups is 1. The summed E-state index contributed by atoms with van der Waals surface area (Å²) in [6.45, 7) is 4.76. The first-order valence-electron chi connectivity index (χ1n) is 12.5. The number of hydrogen-bond donors (Lipinski definition) is 7. The fraction of sp³-hybridized carbons (Fsp3) is 0.731. The van der Waals surface area contributed by atoms with E-state index in [1.807, 2.05) is 19.9 Å². The lowest BCUT2D eigenvalue weighted by Gasteiger charge is -2.56. The smallest absolute Gasteiger partial charge is 0.314 e. The van der Waals surface area contributed by atoms with E-state index in [1.54, 1.807) is 13.0 Å². The molecule has 4 rings (SSSR count). The Labute approximate surface area is 210 Å². The molecule has 7 N–H and O–H groups in total. The first-order chi connectivity index (χ1) is 16.9. The van der Waals surface area contributed by atoms with Crippen LogP contribution in [0.25, 0.3) is 0 Å². The molecule has 10 nitrogen and oxygen atoms in total. The van der Waals surface area contributed by atoms with E-state index in [1.165, 1.54) is 0 Å². The second kappa shape index (κ2) is 9.83. The fourth-order valence-corrected chi connectivity index (χ4v) is 6.99. The zero-order chi connectivity index (χ0) is 26.6. The average molecular weight is 511 g/mol. The van der Waals surface area contributed by atoms with E-state index in [4.69, 9.17) is 9.47 Å². The normalized spacial score (nSPS) is 41.2. The molecule has 10 heteroatoms. The predicted octanol–water partition coefficient (Wildman–Crippen LogP) is -0.188. The Morgan fingerprint density at radius 3 is 2.44 bits per heavy atom. The Morgan fingerprint density at radius 2 is 1.81 bits per heavy atom. The van der Waals surface area contributed by atoms with E-state index < -0.39 is 60.2 Å². The standard InChI is InChI=1S/C26H38O10/c1-12(10-27)19-14-4-7-18-25(2,15(14)5-6-16(19)30)8-13(29)9-26(18,3)24(34)36-23-22(33)21(32)20(31)17(11-28)35-23/h5-6,12-13,17-18,20-23,27-33H,4,7-11H2,1-3H3/t12?,13-,17-,18?,20-,21+,22-,23+,25-,26+/m1/s1. The van der Waals surface area contributed by atoms with Crippen molar-refractivity contribution >= 4 is 5.97 Å². The number of phenolic OH excluding ortho intramolecular Hbond substituents is 1. The molecular weight excluding hydrogens is 472 g/mol. The van der Waals surface area contributed by atoms with Gasteiger partial charge in [-0.15, -0.1) is 0 Å². The largest absolute Gasteiger partial charge is 0.508 e. The molecule has 1 aromatic rings. The van der Waals surface area contributed by atoms with Crippen LogP contribution in [-0.2, 0) is 26.1 Å². The molecule has 1 saturated heterocycles. The summed E-state index contributed by atoms with van der Waals surface area (Å²) in [4.78, 5) is 13.6. The van der Waals surface area contributed by atoms with Gasteiger partial charge in [-0.3, -0.25) is 4.79 Å². The van der Waals surface area contributed by atoms with E-state index in [2.05, 4.69) is 0 Å². The van der Waals surface area contributed by atoms with E-state index in [9.17, 15) is 40.5 Å². The third-order valence-corrected chi connectivity index (χ3v) is 8.79. The highest BCUT2D eigenvalue weighted by molar-refractivity contribution is 5.78. The quantitative estimate of drug-likeness (QED) is 0.263. The highest BCUT2D eigenvalue weighted by Gasteiger charge is 2.59. The number of phenols is 1. The lowest BCUT2D eigenvalue weighted by atomic mass is 9.49. The Morgan fingerprint density at radius 1 is 1.11 bits per heavy atom. The van der Waals surface area contributed by atoms with Crippen LogP contribution in [0, 0.1) is 11.3 Å². The van der Waals surface area contributed by atoms with Gasteiger partial charge in [0.25, 0.3) is 0 Å². The highest BCUT2D eigenvalue weighted by atomic mass is 16.7. The highest BCUT2D eigenvalue weighted by Crippen LogP contribution is 2.59. The lowest BCUT2D eigenvalue weighted by Crippen LogP contribution is -2.61. The van der Waals surface area contributed by atoms with Gasteiger partial charge in [0.05, 0.1) is 18.1 Å². The first kappa shape index (κ1) is 27.3. The topological polar surface area (TPSA) is 177 Å². The summed E-state index contributed by atoms with van der Waals surface area (Å²) in [5.41, 5.74) is 0.696. The van der Waals surface area contributed by atoms with Gasteiger partial charge in [-0.1, -0.05) is 19.9 Å². The summed E-state index contributed by atoms with van der Waals surface area (Å²) in [6.07, 6.45) is -6.97. The van der Waals surface area contributed by atoms with Gasteiger partial charge in [0.2, 0.25) is 6.29 Å². The molecule has 1 saturated carbocycles. The number of benzene rings is 1. The Bertz CT molecular complexity index is 982. The van der Waals surface area contributed by atoms with Crippen molar-refractivity contribution in [3.8, 4) is 5.75 Å². The van der Waals surface area contributed by atoms with Crippen LogP contribution in [0.2, 0.25) is 0 Å². The van der Waals surface area contributed by atoms with Crippen molar-refractivity contribution in [2.24, 2.45) is 11.3 Å². The summed E-state index contributed by atoms with van der Waals surface area (Å²) in [6, 6.07) is 3.42. The summed E-state index contributed by atoms with van der Waals surface area (Å²) in [7, 11) is 0. The minimum Gasteiger partial charge on any atom is -0.508 e. The molecule has 0 radical (unpaired) electrons. The molecule has 2 fully saturated rings. The van der Waals surface area contributed by atoms with Crippen LogP contribution in [0.4, 0.5) is 0 Å². The number of hydrogen-bond acceptors (Lipinski definition) is 10. The van der Waals surface area contributed by atoms with Crippen molar-refractivity contribution in [2.45, 2.75) is 94.6 Å². The van der Waals surface area contributed by atoms with Crippen molar-refractivity contribution in [2.75, 3.05) is 13.2 Å². The van der Waals surface area contributed by atoms with Gasteiger partial charge in [-0.2, -0.15) is 0 Å². The van der Waals surface area contributed by atoms with E-state index in [-0.39, 0.29) is 30.6 Å². The molecule has 36 heavy (non-hydrogen) atoms. The van der Waals surface area contributed by atoms with Crippen LogP contribution in [0.15, 0.2) is 12.1 Å². The van der Waals surface area contributed by atoms with Crippen molar-refractivity contribution in [1.29, 1.82) is 0 Å². The van der Waals surface area contributed by atoms with Crippen LogP contribution < -0.4 is 0 Å². The molecule has 0 bridgehead atoms. The summed E-state index contributed by atoms with van der Waals surface area (Å²) in [5, 5.41) is 71.2. The zero-order valence-electron chi connectivity index (χ0n) is 20.9. The van der Waals surface area contributed by atoms with Crippen LogP contribution in [-0.4, -0.2) is 91.7 Å². The van der Waals surface area contributed by atoms with Gasteiger partial charge in [0.1, 0.15) is 30.2 Å². The SMILES string of the molecule is CC(CO)c1c(O)ccc2c1CCC1[C@@](C)(C(=O)O[C@@H]3O[C@H](CO)[C@@H](O)[C@H](O)[C@H]3O)C[C@H](O)C[C@]21C. The van der Waals surface area contributed by atoms with Gasteiger partial charge in [-0.25, -0.2) is 0 Å². The van der Waals surface area contributed by atoms with Gasteiger partial charge < -0.3 is 45.2 Å². The number of carbonyl (C=O) groups excluding carboxylic acids is 1. The minimum atomic E-state index is -1.71. The van der Waals surface area contributed by atoms with E-state index in [0.717, 1.165) is 11.1 Å². The van der Waals surface area contributed by atoms with Gasteiger partial charge in [0, 0.05) is 18.1 Å². The fourth-order valence-electron chi connectivity index (χ4n) is 6.99. The van der Waals surface area contributed by atoms with Crippen molar-refractivity contribution in [1.82, 2.24) is 0 Å². The molecule has 1 aromatic carbocycles. The van der Waals surface area contributed by atoms with Gasteiger partial charge >= 0.3 is 5.97 Å². The van der Waals surface area contributed by atoms with Crippen LogP contribution >= 0.6 is 0 Å². The third kappa shape index (κ3) is 4.22. The Balaban J connectivity index is 1.68. The monoisotopic (exact) mass is 510 g/mol. The number of rotatable bonds is 5. The van der Waals surface area contributed by atoms with E-state index in [0.29, 0.717) is 24.8 Å². The maximum absolute atomic E-state index is 13.6. The molecule has 10 atom stereocenters. The average Bonchev–Trinajstić information content (AvgIpc) is 2.82. The second-order valence-electron chi connectivity index (χ2n) is 11.2. The molecule has 2 unspecified atom stereocenters. The lowest BCUT2D eigenvalue weighted by molar-refractivity contribution is -0.297. The molecule has 2 aliphatic carbocycles. The molecule has 1 heterocycles. The molecule has 202 valence electrons. The number of aromatic hydroxyl groups is 1. The number of aliphatic hydroxyl groups is 6. The maximum Gasteiger partial charge on any atom is 0.314 e. The summed E-state index contributed by atoms with van der Waals surface area (Å²) < 4.78 is 10.9. The van der Waals surface area contributed by atoms with Crippen molar-refractivity contribution in [3.63, 3.8) is 0 Å². The van der Waals surface area contributed by atoms with Crippen LogP contribution in [0.3, 0.4) is 0 Å². The molecule has 0 spiro atoms. The van der Waals surface area contributed by atoms with E-state index >= 15 is 0 Å². The molecule has 0 amide bonds. The van der Waals surface area contributed by atoms with Gasteiger partial charge in [-0.05, 0) is 61.1 Å². The Kier molecular flexibility index (Phi) is 7.44. The number of esters is 1. The molecular formula is C26H38O10. The van der Waals surface area contributed by atoms with Crippen molar-refractivity contribution in [3.05, 3.63) is 28.8 Å². The number of ether oxygens (including phenoxy) is 2. The van der Waals surface area contributed by atoms with Crippen molar-refractivity contribution < 1.29 is 50.0 Å². The number of fused-ring (bicyclic) bond motifs is 3. The first-order valence-corrected chi connectivity index (χ1v) is 12.5. The predicted molar refractivity (Wildman–Crippen MR) is 126 cm³/mol. The zero-order valence-corrected chi connectivity index (χ0v) is 20.9. The van der Waals surface area contributed by atoms with Gasteiger partial charge in [0.15, 0.2) is 0 Å². The molecule has 0 aromatic heterocycles. The number of aliphatic hydroxyl groups excluding tert-OH is 6. The minimum absolute atomic E-state index is 0.110. The van der Waals surface area contributed by atoms with Crippen LogP contribution in [0.5, 0.6) is 5.75 Å². The maximum atomic E-state index is 13.6. The Hall–Kier alpha value is -1.79.